The number of rotatable bonds is 9. The molecule has 1 saturated heterocycles. The average molecular weight is 547 g/mol. The van der Waals surface area contributed by atoms with Crippen LogP contribution in [0.15, 0.2) is 12.1 Å². The predicted octanol–water partition coefficient (Wildman–Crippen LogP) is 2.84. The molecular formula is C28H34O11. The molecule has 4 rings (SSSR count). The van der Waals surface area contributed by atoms with Crippen molar-refractivity contribution in [3.63, 3.8) is 0 Å². The molecule has 4 atom stereocenters. The minimum atomic E-state index is -1.99. The minimum Gasteiger partial charge on any atom is -0.507 e. The summed E-state index contributed by atoms with van der Waals surface area (Å²) in [6.45, 7) is 6.52. The van der Waals surface area contributed by atoms with Gasteiger partial charge in [-0.3, -0.25) is 9.59 Å². The molecule has 11 nitrogen and oxygen atoms in total. The van der Waals surface area contributed by atoms with Gasteiger partial charge in [0.05, 0.1) is 18.6 Å². The van der Waals surface area contributed by atoms with Crippen molar-refractivity contribution in [2.45, 2.75) is 70.9 Å². The Bertz CT molecular complexity index is 1320. The van der Waals surface area contributed by atoms with Crippen LogP contribution < -0.4 is 4.74 Å². The number of fused-ring (bicyclic) bond motifs is 3. The Morgan fingerprint density at radius 1 is 0.872 bits per heavy atom. The van der Waals surface area contributed by atoms with Gasteiger partial charge < -0.3 is 45.2 Å². The van der Waals surface area contributed by atoms with E-state index >= 15 is 0 Å². The molecule has 2 aromatic rings. The second kappa shape index (κ2) is 10.2. The zero-order valence-corrected chi connectivity index (χ0v) is 22.1. The van der Waals surface area contributed by atoms with Crippen LogP contribution in [0.2, 0.25) is 0 Å². The standard InChI is InChI=1S/C28H34O11/c1-11(2)5-15(31)21-17(33)7-14(30)13(25(21)36)9-28-24(26(37)20(10-29)38-28)23-19(35)8-18(34)22(27(23)39-28)16(32)6-12(3)4/h7-8,11-12,20,24,26,29-30,33-37H,5-6,9-10H2,1-4H3/t20-,24-,26-,28-/m1/s1. The van der Waals surface area contributed by atoms with Gasteiger partial charge in [0.15, 0.2) is 11.6 Å². The molecule has 0 spiro atoms. The van der Waals surface area contributed by atoms with Gasteiger partial charge in [0.1, 0.15) is 51.7 Å². The highest BCUT2D eigenvalue weighted by Gasteiger charge is 2.63. The molecule has 2 aliphatic heterocycles. The molecule has 7 N–H and O–H groups in total. The number of phenols is 5. The molecule has 2 heterocycles. The van der Waals surface area contributed by atoms with Crippen LogP contribution >= 0.6 is 0 Å². The molecule has 0 amide bonds. The molecule has 2 aliphatic rings. The molecule has 0 aromatic heterocycles. The maximum absolute atomic E-state index is 13.1. The average Bonchev–Trinajstić information content (AvgIpc) is 3.26. The van der Waals surface area contributed by atoms with E-state index in [2.05, 4.69) is 0 Å². The van der Waals surface area contributed by atoms with Gasteiger partial charge in [-0.15, -0.1) is 0 Å². The Kier molecular flexibility index (Phi) is 7.46. The van der Waals surface area contributed by atoms with Gasteiger partial charge >= 0.3 is 0 Å². The lowest BCUT2D eigenvalue weighted by atomic mass is 9.83. The first-order valence-electron chi connectivity index (χ1n) is 12.8. The first-order valence-corrected chi connectivity index (χ1v) is 12.8. The van der Waals surface area contributed by atoms with Crippen molar-refractivity contribution in [3.05, 3.63) is 34.4 Å². The maximum atomic E-state index is 13.1. The molecular weight excluding hydrogens is 512 g/mol. The predicted molar refractivity (Wildman–Crippen MR) is 137 cm³/mol. The lowest BCUT2D eigenvalue weighted by Gasteiger charge is -2.29. The van der Waals surface area contributed by atoms with Gasteiger partial charge in [-0.1, -0.05) is 27.7 Å². The topological polar surface area (TPSA) is 194 Å². The summed E-state index contributed by atoms with van der Waals surface area (Å²) < 4.78 is 12.1. The number of ketones is 2. The van der Waals surface area contributed by atoms with Crippen LogP contribution in [-0.2, 0) is 11.2 Å². The highest BCUT2D eigenvalue weighted by molar-refractivity contribution is 6.03. The number of aliphatic hydroxyl groups excluding tert-OH is 2. The molecule has 0 saturated carbocycles. The lowest BCUT2D eigenvalue weighted by Crippen LogP contribution is -2.40. The Morgan fingerprint density at radius 3 is 1.97 bits per heavy atom. The van der Waals surface area contributed by atoms with Crippen LogP contribution in [0.3, 0.4) is 0 Å². The first-order chi connectivity index (χ1) is 18.2. The summed E-state index contributed by atoms with van der Waals surface area (Å²) in [6.07, 6.45) is -3.18. The second-order valence-corrected chi connectivity index (χ2v) is 11.1. The fourth-order valence-electron chi connectivity index (χ4n) is 5.50. The fourth-order valence-corrected chi connectivity index (χ4v) is 5.50. The van der Waals surface area contributed by atoms with E-state index in [1.165, 1.54) is 0 Å². The normalized spacial score (nSPS) is 23.6. The summed E-state index contributed by atoms with van der Waals surface area (Å²) >= 11 is 0. The summed E-state index contributed by atoms with van der Waals surface area (Å²) in [5, 5.41) is 74.4. The molecule has 1 fully saturated rings. The summed E-state index contributed by atoms with van der Waals surface area (Å²) in [4.78, 5) is 25.9. The fraction of sp³-hybridized carbons (Fsp3) is 0.500. The number of carbonyl (C=O) groups is 2. The van der Waals surface area contributed by atoms with E-state index in [4.69, 9.17) is 9.47 Å². The Morgan fingerprint density at radius 2 is 1.41 bits per heavy atom. The van der Waals surface area contributed by atoms with Gasteiger partial charge in [-0.05, 0) is 11.8 Å². The van der Waals surface area contributed by atoms with Gasteiger partial charge in [-0.25, -0.2) is 0 Å². The van der Waals surface area contributed by atoms with Crippen molar-refractivity contribution in [1.82, 2.24) is 0 Å². The number of phenolic OH excluding ortho intramolecular Hbond substituents is 5. The monoisotopic (exact) mass is 546 g/mol. The number of carbonyl (C=O) groups excluding carboxylic acids is 2. The van der Waals surface area contributed by atoms with Crippen molar-refractivity contribution < 1.29 is 54.8 Å². The third-order valence-electron chi connectivity index (χ3n) is 7.12. The molecule has 2 aromatic carbocycles. The highest BCUT2D eigenvalue weighted by atomic mass is 16.7. The van der Waals surface area contributed by atoms with Crippen molar-refractivity contribution in [1.29, 1.82) is 0 Å². The van der Waals surface area contributed by atoms with E-state index < -0.39 is 82.8 Å². The number of benzene rings is 2. The van der Waals surface area contributed by atoms with E-state index in [-0.39, 0.29) is 47.1 Å². The van der Waals surface area contributed by atoms with E-state index in [1.807, 2.05) is 0 Å². The lowest BCUT2D eigenvalue weighted by molar-refractivity contribution is -0.176. The van der Waals surface area contributed by atoms with E-state index in [9.17, 15) is 45.3 Å². The van der Waals surface area contributed by atoms with Crippen molar-refractivity contribution in [3.8, 4) is 34.5 Å². The van der Waals surface area contributed by atoms with Gasteiger partial charge in [-0.2, -0.15) is 0 Å². The van der Waals surface area contributed by atoms with Crippen LogP contribution in [0.1, 0.15) is 78.3 Å². The highest BCUT2D eigenvalue weighted by Crippen LogP contribution is 2.60. The molecule has 0 bridgehead atoms. The van der Waals surface area contributed by atoms with Gasteiger partial charge in [0.25, 0.3) is 0 Å². The van der Waals surface area contributed by atoms with E-state index in [0.29, 0.717) is 0 Å². The largest absolute Gasteiger partial charge is 0.507 e. The Balaban J connectivity index is 1.88. The molecule has 212 valence electrons. The SMILES string of the molecule is CC(C)CC(=O)c1c(O)cc(O)c(C[C@@]23Oc4c(C(=O)CC(C)C)c(O)cc(O)c4[C@@H]2[C@H](O)[C@@H](CO)O3)c1O. The van der Waals surface area contributed by atoms with Crippen molar-refractivity contribution in [2.24, 2.45) is 11.8 Å². The molecule has 11 heteroatoms. The van der Waals surface area contributed by atoms with Crippen LogP contribution in [0.25, 0.3) is 0 Å². The van der Waals surface area contributed by atoms with Crippen molar-refractivity contribution >= 4 is 11.6 Å². The first kappa shape index (κ1) is 28.5. The molecule has 39 heavy (non-hydrogen) atoms. The van der Waals surface area contributed by atoms with E-state index in [1.54, 1.807) is 27.7 Å². The number of hydrogen-bond donors (Lipinski definition) is 7. The van der Waals surface area contributed by atoms with E-state index in [0.717, 1.165) is 12.1 Å². The molecule has 0 aliphatic carbocycles. The summed E-state index contributed by atoms with van der Waals surface area (Å²) in [5.41, 5.74) is -0.946. The zero-order valence-electron chi connectivity index (χ0n) is 22.1. The Labute approximate surface area is 224 Å². The number of hydrogen-bond acceptors (Lipinski definition) is 11. The van der Waals surface area contributed by atoms with Crippen LogP contribution in [0, 0.1) is 11.8 Å². The number of ether oxygens (including phenoxy) is 2. The van der Waals surface area contributed by atoms with Crippen LogP contribution in [0.5, 0.6) is 34.5 Å². The number of aliphatic hydroxyl groups is 2. The van der Waals surface area contributed by atoms with Gasteiger partial charge in [0, 0.05) is 42.5 Å². The van der Waals surface area contributed by atoms with Gasteiger partial charge in [0.2, 0.25) is 5.79 Å². The summed E-state index contributed by atoms with van der Waals surface area (Å²) in [7, 11) is 0. The smallest absolute Gasteiger partial charge is 0.225 e. The molecule has 0 unspecified atom stereocenters. The molecule has 0 radical (unpaired) electrons. The quantitative estimate of drug-likeness (QED) is 0.229. The van der Waals surface area contributed by atoms with Crippen molar-refractivity contribution in [2.75, 3.05) is 6.61 Å². The second-order valence-electron chi connectivity index (χ2n) is 11.1. The third kappa shape index (κ3) is 4.75. The third-order valence-corrected chi connectivity index (χ3v) is 7.12. The van der Waals surface area contributed by atoms with Crippen LogP contribution in [0.4, 0.5) is 0 Å². The maximum Gasteiger partial charge on any atom is 0.225 e. The Hall–Kier alpha value is -3.54. The number of Topliss-reactive ketones (excluding diaryl/α,β-unsaturated/α-hetero) is 2. The zero-order chi connectivity index (χ0) is 29.0. The summed E-state index contributed by atoms with van der Waals surface area (Å²) in [5.74, 6) is -7.69. The summed E-state index contributed by atoms with van der Waals surface area (Å²) in [6, 6.07) is 1.86. The minimum absolute atomic E-state index is 0.00266. The van der Waals surface area contributed by atoms with Crippen LogP contribution in [-0.4, -0.2) is 71.9 Å². The number of aromatic hydroxyl groups is 5.